The summed E-state index contributed by atoms with van der Waals surface area (Å²) in [5.41, 5.74) is 0. The molecular formula is C3H7N2O2S. The van der Waals surface area contributed by atoms with Crippen molar-refractivity contribution in [3.05, 3.63) is 12.7 Å². The molecule has 1 radical (unpaired) electrons. The van der Waals surface area contributed by atoms with Crippen LogP contribution in [0, 0.1) is 0 Å². The van der Waals surface area contributed by atoms with Crippen molar-refractivity contribution in [3.8, 4) is 0 Å². The molecule has 0 saturated heterocycles. The first-order chi connectivity index (χ1) is 3.56. The monoisotopic (exact) mass is 135 g/mol. The summed E-state index contributed by atoms with van der Waals surface area (Å²) in [7, 11) is -3.63. The Labute approximate surface area is 48.6 Å². The average molecular weight is 135 g/mol. The van der Waals surface area contributed by atoms with E-state index in [1.54, 1.807) is 0 Å². The molecule has 5 heteroatoms. The second-order valence-electron chi connectivity index (χ2n) is 1.12. The summed E-state index contributed by atoms with van der Waals surface area (Å²) in [6, 6.07) is 0. The van der Waals surface area contributed by atoms with Crippen molar-refractivity contribution in [1.29, 1.82) is 0 Å². The van der Waals surface area contributed by atoms with Gasteiger partial charge in [-0.3, -0.25) is 0 Å². The predicted octanol–water partition coefficient (Wildman–Crippen LogP) is -1.02. The summed E-state index contributed by atoms with van der Waals surface area (Å²) in [6.45, 7) is 3.30. The molecule has 0 bridgehead atoms. The topological polar surface area (TPSA) is 74.3 Å². The first-order valence-electron chi connectivity index (χ1n) is 1.88. The lowest BCUT2D eigenvalue weighted by molar-refractivity contribution is 0.586. The molecule has 0 aliphatic carbocycles. The van der Waals surface area contributed by atoms with Crippen molar-refractivity contribution in [3.63, 3.8) is 0 Å². The van der Waals surface area contributed by atoms with Gasteiger partial charge in [0.15, 0.2) is 0 Å². The maximum atomic E-state index is 9.95. The van der Waals surface area contributed by atoms with Crippen molar-refractivity contribution in [2.24, 2.45) is 5.14 Å². The Hall–Kier alpha value is -0.390. The maximum Gasteiger partial charge on any atom is 0.291 e. The van der Waals surface area contributed by atoms with Gasteiger partial charge >= 0.3 is 0 Å². The van der Waals surface area contributed by atoms with E-state index in [1.807, 2.05) is 0 Å². The summed E-state index contributed by atoms with van der Waals surface area (Å²) in [6.07, 6.45) is 1.35. The third-order valence-electron chi connectivity index (χ3n) is 0.384. The molecule has 0 fully saturated rings. The van der Waals surface area contributed by atoms with E-state index in [4.69, 9.17) is 0 Å². The fraction of sp³-hybridized carbons (Fsp3) is 0.333. The van der Waals surface area contributed by atoms with Crippen LogP contribution in [0.2, 0.25) is 0 Å². The quantitative estimate of drug-likeness (QED) is 0.503. The molecule has 8 heavy (non-hydrogen) atoms. The Kier molecular flexibility index (Phi) is 2.67. The van der Waals surface area contributed by atoms with E-state index in [0.717, 1.165) is 0 Å². The van der Waals surface area contributed by atoms with E-state index in [0.29, 0.717) is 0 Å². The smallest absolute Gasteiger partial charge is 0.214 e. The van der Waals surface area contributed by atoms with E-state index >= 15 is 0 Å². The molecule has 0 spiro atoms. The van der Waals surface area contributed by atoms with Gasteiger partial charge in [-0.25, -0.2) is 5.14 Å². The number of hydrogen-bond donors (Lipinski definition) is 1. The maximum absolute atomic E-state index is 9.95. The number of rotatable bonds is 3. The number of nitrogens with zero attached hydrogens (tertiary/aromatic N) is 1. The van der Waals surface area contributed by atoms with E-state index in [9.17, 15) is 8.42 Å². The van der Waals surface area contributed by atoms with Crippen LogP contribution >= 0.6 is 0 Å². The second kappa shape index (κ2) is 2.81. The van der Waals surface area contributed by atoms with E-state index < -0.39 is 10.2 Å². The second-order valence-corrected chi connectivity index (χ2v) is 2.40. The van der Waals surface area contributed by atoms with Gasteiger partial charge < -0.3 is 0 Å². The van der Waals surface area contributed by atoms with Gasteiger partial charge in [-0.2, -0.15) is 8.42 Å². The minimum absolute atomic E-state index is 0.0544. The molecule has 0 rings (SSSR count). The lowest BCUT2D eigenvalue weighted by atomic mass is 10.7. The fourth-order valence-electron chi connectivity index (χ4n) is 0.157. The van der Waals surface area contributed by atoms with Crippen LogP contribution in [-0.4, -0.2) is 15.0 Å². The van der Waals surface area contributed by atoms with Crippen LogP contribution < -0.4 is 9.86 Å². The molecule has 0 aromatic heterocycles. The van der Waals surface area contributed by atoms with Crippen LogP contribution in [-0.2, 0) is 10.2 Å². The SMILES string of the molecule is C=CC[N]S(N)(=O)=O. The van der Waals surface area contributed by atoms with Crippen molar-refractivity contribution < 1.29 is 8.42 Å². The van der Waals surface area contributed by atoms with Gasteiger partial charge in [0, 0.05) is 6.54 Å². The van der Waals surface area contributed by atoms with Crippen LogP contribution in [0.3, 0.4) is 0 Å². The van der Waals surface area contributed by atoms with Crippen molar-refractivity contribution >= 4 is 10.2 Å². The number of nitrogens with two attached hydrogens (primary N) is 1. The molecule has 0 atom stereocenters. The van der Waals surface area contributed by atoms with E-state index in [1.165, 1.54) is 6.08 Å². The molecule has 4 nitrogen and oxygen atoms in total. The Bertz CT molecular complexity index is 160. The summed E-state index contributed by atoms with van der Waals surface area (Å²) in [4.78, 5) is 0. The normalized spacial score (nSPS) is 11.1. The third kappa shape index (κ3) is 5.61. The molecule has 0 heterocycles. The zero-order valence-corrected chi connectivity index (χ0v) is 5.06. The van der Waals surface area contributed by atoms with Crippen molar-refractivity contribution in [2.45, 2.75) is 0 Å². The first kappa shape index (κ1) is 7.61. The summed E-state index contributed by atoms with van der Waals surface area (Å²) >= 11 is 0. The third-order valence-corrected chi connectivity index (χ3v) is 0.893. The minimum atomic E-state index is -3.63. The van der Waals surface area contributed by atoms with Gasteiger partial charge in [0.2, 0.25) is 0 Å². The van der Waals surface area contributed by atoms with Gasteiger partial charge in [0.25, 0.3) is 10.2 Å². The van der Waals surface area contributed by atoms with Crippen LogP contribution in [0.5, 0.6) is 0 Å². The zero-order valence-electron chi connectivity index (χ0n) is 4.24. The molecule has 0 aliphatic rings. The largest absolute Gasteiger partial charge is 0.291 e. The lowest BCUT2D eigenvalue weighted by Crippen LogP contribution is -2.24. The summed E-state index contributed by atoms with van der Waals surface area (Å²) < 4.78 is 22.9. The van der Waals surface area contributed by atoms with Crippen LogP contribution in [0.15, 0.2) is 12.7 Å². The Balaban J connectivity index is 3.57. The van der Waals surface area contributed by atoms with Crippen molar-refractivity contribution in [2.75, 3.05) is 6.54 Å². The first-order valence-corrected chi connectivity index (χ1v) is 3.39. The zero-order chi connectivity index (χ0) is 6.62. The Morgan fingerprint density at radius 2 is 2.25 bits per heavy atom. The predicted molar refractivity (Wildman–Crippen MR) is 30.3 cm³/mol. The van der Waals surface area contributed by atoms with Gasteiger partial charge in [0.1, 0.15) is 0 Å². The Morgan fingerprint density at radius 3 is 2.38 bits per heavy atom. The van der Waals surface area contributed by atoms with Gasteiger partial charge in [-0.1, -0.05) is 6.08 Å². The highest BCUT2D eigenvalue weighted by atomic mass is 32.2. The molecular weight excluding hydrogens is 128 g/mol. The highest BCUT2D eigenvalue weighted by Crippen LogP contribution is 1.69. The average Bonchev–Trinajstić information content (AvgIpc) is 1.59. The Morgan fingerprint density at radius 1 is 1.75 bits per heavy atom. The molecule has 47 valence electrons. The van der Waals surface area contributed by atoms with Gasteiger partial charge in [-0.05, 0) is 0 Å². The van der Waals surface area contributed by atoms with Gasteiger partial charge in [-0.15, -0.1) is 11.3 Å². The van der Waals surface area contributed by atoms with Crippen LogP contribution in [0.1, 0.15) is 0 Å². The lowest BCUT2D eigenvalue weighted by Gasteiger charge is -1.89. The van der Waals surface area contributed by atoms with Crippen molar-refractivity contribution in [1.82, 2.24) is 4.72 Å². The van der Waals surface area contributed by atoms with E-state index in [-0.39, 0.29) is 6.54 Å². The number of hydrogen-bond acceptors (Lipinski definition) is 2. The van der Waals surface area contributed by atoms with E-state index in [2.05, 4.69) is 16.4 Å². The molecule has 0 aromatic carbocycles. The minimum Gasteiger partial charge on any atom is -0.214 e. The summed E-state index contributed by atoms with van der Waals surface area (Å²) in [5.74, 6) is 0. The fourth-order valence-corrected chi connectivity index (χ4v) is 0.470. The molecule has 0 amide bonds. The highest BCUT2D eigenvalue weighted by molar-refractivity contribution is 7.87. The molecule has 0 aliphatic heterocycles. The van der Waals surface area contributed by atoms with Crippen LogP contribution in [0.25, 0.3) is 0 Å². The molecule has 0 saturated carbocycles. The van der Waals surface area contributed by atoms with Crippen LogP contribution in [0.4, 0.5) is 0 Å². The molecule has 0 aromatic rings. The summed E-state index contributed by atoms with van der Waals surface area (Å²) in [5, 5.41) is 4.48. The standard InChI is InChI=1S/C3H7N2O2S/c1-2-3-5-8(4,6)7/h2H,1,3H2,(H2,4,6,7). The molecule has 0 unspecified atom stereocenters. The highest BCUT2D eigenvalue weighted by Gasteiger charge is 1.97. The van der Waals surface area contributed by atoms with Gasteiger partial charge in [0.05, 0.1) is 0 Å². The molecule has 2 N–H and O–H groups in total.